The Hall–Kier alpha value is -3.07. The van der Waals surface area contributed by atoms with Crippen molar-refractivity contribution in [3.63, 3.8) is 0 Å². The van der Waals surface area contributed by atoms with Crippen LogP contribution in [0.5, 0.6) is 0 Å². The zero-order valence-electron chi connectivity index (χ0n) is 64.9. The number of amides is 6. The number of likely N-dealkylation sites (tertiary alicyclic amines) is 6. The fourth-order valence-corrected chi connectivity index (χ4v) is 15.2. The SMILES string of the molecule is CCC(C)(C)N1CC(C)(C)CCC(NC)C1=O.CCN1CC(C)(C)CCC(NC)C1=O.CNC1CCC(C)(C)CN(C(C)(C)C)C1=O.CNC1CCC(C)(C)CN(C(C)C)C1=O.CNC1CCC(C)(C)CN(C)C1=O.CNC1CCC(C)CN(CC2CCCCS2)C1=O. The summed E-state index contributed by atoms with van der Waals surface area (Å²) in [6.45, 7) is 50.8. The van der Waals surface area contributed by atoms with Crippen molar-refractivity contribution < 1.29 is 28.8 Å². The van der Waals surface area contributed by atoms with E-state index in [1.807, 2.05) is 75.9 Å². The molecule has 0 aromatic heterocycles. The number of rotatable bonds is 12. The second-order valence-electron chi connectivity index (χ2n) is 34.3. The third-order valence-electron chi connectivity index (χ3n) is 20.9. The summed E-state index contributed by atoms with van der Waals surface area (Å²) in [5.74, 6) is 3.52. The van der Waals surface area contributed by atoms with E-state index in [0.29, 0.717) is 23.1 Å². The number of hydrogen-bond donors (Lipinski definition) is 6. The Kier molecular flexibility index (Phi) is 35.5. The van der Waals surface area contributed by atoms with Crippen LogP contribution in [0.4, 0.5) is 0 Å². The molecule has 8 unspecified atom stereocenters. The zero-order chi connectivity index (χ0) is 71.3. The van der Waals surface area contributed by atoms with Gasteiger partial charge in [-0.1, -0.05) is 89.5 Å². The summed E-state index contributed by atoms with van der Waals surface area (Å²) in [6.07, 6.45) is 17.4. The Bertz CT molecular complexity index is 2280. The molecule has 6 N–H and O–H groups in total. The van der Waals surface area contributed by atoms with Gasteiger partial charge in [0.1, 0.15) is 0 Å². The van der Waals surface area contributed by atoms with E-state index in [4.69, 9.17) is 0 Å². The van der Waals surface area contributed by atoms with Gasteiger partial charge in [-0.05, 0) is 233 Å². The molecule has 7 aliphatic rings. The monoisotopic (exact) mass is 1330 g/mol. The highest BCUT2D eigenvalue weighted by Gasteiger charge is 2.42. The maximum absolute atomic E-state index is 12.5. The fraction of sp³-hybridized carbons (Fsp3) is 0.919. The molecule has 7 aliphatic heterocycles. The average Bonchev–Trinajstić information content (AvgIpc) is 1.92. The number of hydrogen-bond acceptors (Lipinski definition) is 13. The first kappa shape index (κ1) is 86.0. The zero-order valence-corrected chi connectivity index (χ0v) is 65.7. The van der Waals surface area contributed by atoms with Gasteiger partial charge in [-0.3, -0.25) is 28.8 Å². The summed E-state index contributed by atoms with van der Waals surface area (Å²) < 4.78 is 0. The van der Waals surface area contributed by atoms with Crippen LogP contribution < -0.4 is 31.9 Å². The van der Waals surface area contributed by atoms with Gasteiger partial charge in [0.15, 0.2) is 0 Å². The summed E-state index contributed by atoms with van der Waals surface area (Å²) >= 11 is 2.06. The maximum Gasteiger partial charge on any atom is 0.240 e. The highest BCUT2D eigenvalue weighted by molar-refractivity contribution is 7.99. The van der Waals surface area contributed by atoms with E-state index in [0.717, 1.165) is 136 Å². The number of nitrogens with one attached hydrogen (secondary N) is 6. The summed E-state index contributed by atoms with van der Waals surface area (Å²) in [5.41, 5.74) is 1.06. The minimum absolute atomic E-state index is 0.00850. The normalized spacial score (nSPS) is 28.5. The van der Waals surface area contributed by atoms with E-state index in [9.17, 15) is 28.8 Å². The van der Waals surface area contributed by atoms with E-state index in [1.54, 1.807) is 0 Å². The lowest BCUT2D eigenvalue weighted by atomic mass is 9.86. The van der Waals surface area contributed by atoms with Gasteiger partial charge in [0.25, 0.3) is 0 Å². The Morgan fingerprint density at radius 3 is 1.25 bits per heavy atom. The molecule has 7 rings (SSSR count). The number of likely N-dealkylation sites (N-methyl/N-ethyl adjacent to an activating group) is 8. The van der Waals surface area contributed by atoms with Crippen molar-refractivity contribution >= 4 is 47.2 Å². The molecule has 0 bridgehead atoms. The Morgan fingerprint density at radius 2 is 0.839 bits per heavy atom. The van der Waals surface area contributed by atoms with Gasteiger partial charge in [0.2, 0.25) is 35.4 Å². The topological polar surface area (TPSA) is 194 Å². The van der Waals surface area contributed by atoms with Gasteiger partial charge < -0.3 is 61.3 Å². The van der Waals surface area contributed by atoms with Crippen molar-refractivity contribution in [3.8, 4) is 0 Å². The molecule has 0 aromatic carbocycles. The number of carbonyl (C=O) groups excluding carboxylic acids is 6. The lowest BCUT2D eigenvalue weighted by Gasteiger charge is -2.41. The standard InChI is InChI=1S/C14H26N2OS.C14H28N2O.C13H26N2O.C12H24N2O.C11H22N2O.C10H20N2O/c1-11-6-7-13(15-2)14(17)16(9-11)10-12-5-3-4-8-18-12;1-7-14(4,5)16-10-13(2,3)9-8-11(15-6)12(16)17;1-12(2,3)15-9-13(4,5)8-7-10(14-6)11(15)16;1-9(2)14-8-12(3,4)7-6-10(13-5)11(14)15;1-5-13-8-11(2,3)7-6-9(12-4)10(13)14;1-10(2)6-5-8(11-3)9(13)12(4)7-10/h11-13,15H,3-10H2,1-2H3;11,15H,7-10H2,1-6H3;10,14H,7-9H2,1-6H3;9-10,13H,6-8H2,1-5H3;9,12H,5-8H2,1-4H3;8,11H,5-7H2,1-4H3. The van der Waals surface area contributed by atoms with Crippen LogP contribution in [0.1, 0.15) is 241 Å². The summed E-state index contributed by atoms with van der Waals surface area (Å²) in [4.78, 5) is 85.3. The van der Waals surface area contributed by atoms with Crippen molar-refractivity contribution in [2.45, 2.75) is 300 Å². The maximum atomic E-state index is 12.5. The van der Waals surface area contributed by atoms with Crippen molar-refractivity contribution in [2.75, 3.05) is 107 Å². The Morgan fingerprint density at radius 1 is 0.462 bits per heavy atom. The Balaban J connectivity index is 0.000000381. The second kappa shape index (κ2) is 38.3. The van der Waals surface area contributed by atoms with Crippen molar-refractivity contribution in [1.29, 1.82) is 0 Å². The summed E-state index contributed by atoms with van der Waals surface area (Å²) in [7, 11) is 13.2. The van der Waals surface area contributed by atoms with Crippen molar-refractivity contribution in [3.05, 3.63) is 0 Å². The molecule has 544 valence electrons. The molecular weight excluding hydrogens is 1180 g/mol. The lowest BCUT2D eigenvalue weighted by Crippen LogP contribution is -2.54. The first-order chi connectivity index (χ1) is 42.9. The molecule has 7 fully saturated rings. The van der Waals surface area contributed by atoms with Crippen LogP contribution >= 0.6 is 11.8 Å². The van der Waals surface area contributed by atoms with E-state index >= 15 is 0 Å². The van der Waals surface area contributed by atoms with Crippen molar-refractivity contribution in [2.24, 2.45) is 33.0 Å². The van der Waals surface area contributed by atoms with Crippen LogP contribution in [-0.2, 0) is 28.8 Å². The van der Waals surface area contributed by atoms with Crippen molar-refractivity contribution in [1.82, 2.24) is 61.3 Å². The highest BCUT2D eigenvalue weighted by Crippen LogP contribution is 2.36. The quantitative estimate of drug-likeness (QED) is 0.108. The van der Waals surface area contributed by atoms with Gasteiger partial charge in [-0.2, -0.15) is 11.8 Å². The highest BCUT2D eigenvalue weighted by atomic mass is 32.2. The third kappa shape index (κ3) is 28.4. The Labute approximate surface area is 574 Å². The minimum atomic E-state index is -0.0895. The van der Waals surface area contributed by atoms with Gasteiger partial charge >= 0.3 is 0 Å². The summed E-state index contributed by atoms with van der Waals surface area (Å²) in [5, 5.41) is 19.5. The van der Waals surface area contributed by atoms with E-state index in [1.165, 1.54) is 25.0 Å². The number of nitrogens with zero attached hydrogens (tertiary/aromatic N) is 6. The number of thioether (sulfide) groups is 1. The average molecular weight is 1330 g/mol. The molecule has 7 heterocycles. The van der Waals surface area contributed by atoms with E-state index < -0.39 is 0 Å². The van der Waals surface area contributed by atoms with Gasteiger partial charge in [-0.15, -0.1) is 0 Å². The van der Waals surface area contributed by atoms with Gasteiger partial charge in [0.05, 0.1) is 36.3 Å². The fourth-order valence-electron chi connectivity index (χ4n) is 13.9. The molecule has 7 saturated heterocycles. The van der Waals surface area contributed by atoms with Crippen LogP contribution in [0.25, 0.3) is 0 Å². The second-order valence-corrected chi connectivity index (χ2v) is 35.7. The number of carbonyl (C=O) groups is 6. The molecule has 6 amide bonds. The first-order valence-corrected chi connectivity index (χ1v) is 37.4. The molecule has 18 nitrogen and oxygen atoms in total. The predicted octanol–water partition coefficient (Wildman–Crippen LogP) is 10.3. The van der Waals surface area contributed by atoms with Gasteiger partial charge in [-0.25, -0.2) is 0 Å². The molecule has 0 aliphatic carbocycles. The molecule has 0 saturated carbocycles. The van der Waals surface area contributed by atoms with E-state index in [2.05, 4.69) is 185 Å². The molecule has 8 atom stereocenters. The van der Waals surface area contributed by atoms with E-state index in [-0.39, 0.29) is 104 Å². The molecule has 0 spiro atoms. The molecule has 19 heteroatoms. The third-order valence-corrected chi connectivity index (χ3v) is 22.3. The molecular formula is C74H146N12O6S. The summed E-state index contributed by atoms with van der Waals surface area (Å²) in [6, 6.07) is 0.371. The largest absolute Gasteiger partial charge is 0.344 e. The molecule has 0 radical (unpaired) electrons. The lowest BCUT2D eigenvalue weighted by molar-refractivity contribution is -0.139. The van der Waals surface area contributed by atoms with Crippen LogP contribution in [0.15, 0.2) is 0 Å². The van der Waals surface area contributed by atoms with Gasteiger partial charge in [0, 0.05) is 81.8 Å². The van der Waals surface area contributed by atoms with Crippen LogP contribution in [0.3, 0.4) is 0 Å². The van der Waals surface area contributed by atoms with Crippen LogP contribution in [0, 0.1) is 33.0 Å². The predicted molar refractivity (Wildman–Crippen MR) is 392 cm³/mol. The van der Waals surface area contributed by atoms with Crippen LogP contribution in [0.2, 0.25) is 0 Å². The molecule has 93 heavy (non-hydrogen) atoms. The molecule has 0 aromatic rings. The van der Waals surface area contributed by atoms with Crippen LogP contribution in [-0.4, -0.2) is 231 Å². The smallest absolute Gasteiger partial charge is 0.240 e. The first-order valence-electron chi connectivity index (χ1n) is 36.4. The minimum Gasteiger partial charge on any atom is -0.344 e.